The number of hydrogen-bond acceptors (Lipinski definition) is 4. The first kappa shape index (κ1) is 13.5. The second-order valence-corrected chi connectivity index (χ2v) is 7.60. The molecule has 0 unspecified atom stereocenters. The molecule has 1 aliphatic rings. The number of hydrogen-bond donors (Lipinski definition) is 2. The minimum absolute atomic E-state index is 0.624. The fourth-order valence-corrected chi connectivity index (χ4v) is 4.37. The number of aliphatic carboxylic acids is 1. The molecule has 1 saturated carbocycles. The average Bonchev–Trinajstić information content (AvgIpc) is 2.87. The summed E-state index contributed by atoms with van der Waals surface area (Å²) in [5.74, 6) is -1.98. The van der Waals surface area contributed by atoms with Gasteiger partial charge in [0.05, 0.1) is 5.25 Å². The summed E-state index contributed by atoms with van der Waals surface area (Å²) in [5, 5.41) is 8.07. The largest absolute Gasteiger partial charge is 0.480 e. The SMILES string of the molecule is CS(=O)(=O)[C@@H]1[C@H](c2ccc(Br)cc2)[C@@]1(N)C(=O)O. The Labute approximate surface area is 113 Å². The molecule has 0 spiro atoms. The summed E-state index contributed by atoms with van der Waals surface area (Å²) in [6, 6.07) is 6.83. The van der Waals surface area contributed by atoms with Gasteiger partial charge in [0.1, 0.15) is 5.54 Å². The van der Waals surface area contributed by atoms with Crippen molar-refractivity contribution < 1.29 is 18.3 Å². The number of benzene rings is 1. The summed E-state index contributed by atoms with van der Waals surface area (Å²) >= 11 is 3.26. The average molecular weight is 334 g/mol. The number of nitrogens with two attached hydrogens (primary N) is 1. The number of carboxylic acid groups (broad SMARTS) is 1. The summed E-state index contributed by atoms with van der Waals surface area (Å²) in [6.07, 6.45) is 1.01. The van der Waals surface area contributed by atoms with Crippen molar-refractivity contribution in [1.29, 1.82) is 0 Å². The van der Waals surface area contributed by atoms with E-state index in [1.165, 1.54) is 0 Å². The van der Waals surface area contributed by atoms with Crippen molar-refractivity contribution >= 4 is 31.7 Å². The molecule has 0 bridgehead atoms. The van der Waals surface area contributed by atoms with Gasteiger partial charge in [-0.05, 0) is 17.7 Å². The zero-order valence-electron chi connectivity index (χ0n) is 9.50. The molecule has 5 nitrogen and oxygen atoms in total. The van der Waals surface area contributed by atoms with Gasteiger partial charge >= 0.3 is 5.97 Å². The first-order valence-corrected chi connectivity index (χ1v) is 7.90. The molecular weight excluding hydrogens is 322 g/mol. The van der Waals surface area contributed by atoms with Crippen LogP contribution in [0.1, 0.15) is 11.5 Å². The van der Waals surface area contributed by atoms with Gasteiger partial charge < -0.3 is 10.8 Å². The van der Waals surface area contributed by atoms with Crippen molar-refractivity contribution in [3.63, 3.8) is 0 Å². The van der Waals surface area contributed by atoms with Crippen molar-refractivity contribution in [3.05, 3.63) is 34.3 Å². The Morgan fingerprint density at radius 3 is 2.22 bits per heavy atom. The van der Waals surface area contributed by atoms with E-state index in [-0.39, 0.29) is 0 Å². The van der Waals surface area contributed by atoms with Crippen LogP contribution in [0.25, 0.3) is 0 Å². The van der Waals surface area contributed by atoms with E-state index < -0.39 is 32.5 Å². The molecular formula is C11H12BrNO4S. The lowest BCUT2D eigenvalue weighted by Gasteiger charge is -2.04. The molecule has 0 saturated heterocycles. The third kappa shape index (κ3) is 1.96. The monoisotopic (exact) mass is 333 g/mol. The first-order valence-electron chi connectivity index (χ1n) is 5.15. The Bertz CT molecular complexity index is 598. The van der Waals surface area contributed by atoms with Crippen LogP contribution in [0.4, 0.5) is 0 Å². The summed E-state index contributed by atoms with van der Waals surface area (Å²) < 4.78 is 24.1. The van der Waals surface area contributed by atoms with Gasteiger partial charge in [-0.3, -0.25) is 4.79 Å². The molecule has 0 aromatic heterocycles. The van der Waals surface area contributed by atoms with Crippen LogP contribution >= 0.6 is 15.9 Å². The molecule has 0 heterocycles. The second-order valence-electron chi connectivity index (χ2n) is 4.52. The van der Waals surface area contributed by atoms with Crippen molar-refractivity contribution in [2.24, 2.45) is 5.73 Å². The van der Waals surface area contributed by atoms with Gasteiger partial charge in [-0.1, -0.05) is 28.1 Å². The molecule has 7 heteroatoms. The molecule has 3 atom stereocenters. The topological polar surface area (TPSA) is 97.5 Å². The zero-order chi connectivity index (χ0) is 13.7. The number of halogens is 1. The van der Waals surface area contributed by atoms with Crippen LogP contribution in [0.3, 0.4) is 0 Å². The van der Waals surface area contributed by atoms with E-state index in [1.807, 2.05) is 0 Å². The molecule has 1 aliphatic carbocycles. The lowest BCUT2D eigenvalue weighted by atomic mass is 10.1. The maximum absolute atomic E-state index is 11.6. The van der Waals surface area contributed by atoms with Gasteiger partial charge in [-0.25, -0.2) is 8.42 Å². The molecule has 1 aromatic rings. The van der Waals surface area contributed by atoms with Crippen LogP contribution in [-0.2, 0) is 14.6 Å². The predicted molar refractivity (Wildman–Crippen MR) is 70.1 cm³/mol. The fourth-order valence-electron chi connectivity index (χ4n) is 2.35. The second kappa shape index (κ2) is 4.04. The van der Waals surface area contributed by atoms with E-state index in [0.29, 0.717) is 5.56 Å². The molecule has 0 amide bonds. The van der Waals surface area contributed by atoms with Crippen LogP contribution < -0.4 is 5.73 Å². The number of carbonyl (C=O) groups is 1. The molecule has 3 N–H and O–H groups in total. The van der Waals surface area contributed by atoms with E-state index in [0.717, 1.165) is 10.7 Å². The van der Waals surface area contributed by atoms with Gasteiger partial charge in [0, 0.05) is 16.6 Å². The minimum Gasteiger partial charge on any atom is -0.480 e. The molecule has 98 valence electrons. The van der Waals surface area contributed by atoms with Crippen LogP contribution in [0.2, 0.25) is 0 Å². The quantitative estimate of drug-likeness (QED) is 0.850. The number of sulfone groups is 1. The van der Waals surface area contributed by atoms with Crippen molar-refractivity contribution in [1.82, 2.24) is 0 Å². The Hall–Kier alpha value is -0.920. The predicted octanol–water partition coefficient (Wildman–Crippen LogP) is 0.742. The van der Waals surface area contributed by atoms with Crippen LogP contribution in [-0.4, -0.2) is 36.5 Å². The van der Waals surface area contributed by atoms with E-state index >= 15 is 0 Å². The fraction of sp³-hybridized carbons (Fsp3) is 0.364. The Morgan fingerprint density at radius 2 is 1.89 bits per heavy atom. The summed E-state index contributed by atoms with van der Waals surface area (Å²) in [5.41, 5.74) is 4.65. The van der Waals surface area contributed by atoms with Crippen molar-refractivity contribution in [2.75, 3.05) is 6.26 Å². The van der Waals surface area contributed by atoms with Gasteiger partial charge in [-0.15, -0.1) is 0 Å². The first-order chi connectivity index (χ1) is 8.19. The highest BCUT2D eigenvalue weighted by Gasteiger charge is 2.73. The Morgan fingerprint density at radius 1 is 1.39 bits per heavy atom. The number of carboxylic acids is 1. The van der Waals surface area contributed by atoms with Crippen molar-refractivity contribution in [3.8, 4) is 0 Å². The van der Waals surface area contributed by atoms with E-state index in [1.54, 1.807) is 24.3 Å². The molecule has 0 aliphatic heterocycles. The summed E-state index contributed by atoms with van der Waals surface area (Å²) in [4.78, 5) is 11.2. The highest BCUT2D eigenvalue weighted by atomic mass is 79.9. The van der Waals surface area contributed by atoms with E-state index in [2.05, 4.69) is 15.9 Å². The van der Waals surface area contributed by atoms with Crippen LogP contribution in [0.5, 0.6) is 0 Å². The standard InChI is InChI=1S/C11H12BrNO4S/c1-18(16,17)9-8(11(9,13)10(14)15)6-2-4-7(12)5-3-6/h2-5,8-9H,13H2,1H3,(H,14,15)/t8-,9+,11-/m0/s1. The minimum atomic E-state index is -3.51. The van der Waals surface area contributed by atoms with E-state index in [4.69, 9.17) is 10.8 Å². The van der Waals surface area contributed by atoms with Gasteiger partial charge in [0.2, 0.25) is 0 Å². The van der Waals surface area contributed by atoms with Gasteiger partial charge in [0.25, 0.3) is 0 Å². The van der Waals surface area contributed by atoms with E-state index in [9.17, 15) is 13.2 Å². The normalized spacial score (nSPS) is 31.1. The Kier molecular flexibility index (Phi) is 3.03. The summed E-state index contributed by atoms with van der Waals surface area (Å²) in [6.45, 7) is 0. The molecule has 0 radical (unpaired) electrons. The molecule has 2 rings (SSSR count). The maximum Gasteiger partial charge on any atom is 0.325 e. The summed E-state index contributed by atoms with van der Waals surface area (Å²) in [7, 11) is -3.51. The smallest absolute Gasteiger partial charge is 0.325 e. The Balaban J connectivity index is 2.45. The zero-order valence-corrected chi connectivity index (χ0v) is 11.9. The maximum atomic E-state index is 11.6. The lowest BCUT2D eigenvalue weighted by molar-refractivity contribution is -0.139. The lowest BCUT2D eigenvalue weighted by Crippen LogP contribution is -2.39. The van der Waals surface area contributed by atoms with Crippen LogP contribution in [0.15, 0.2) is 28.7 Å². The molecule has 18 heavy (non-hydrogen) atoms. The van der Waals surface area contributed by atoms with Gasteiger partial charge in [-0.2, -0.15) is 0 Å². The number of rotatable bonds is 3. The van der Waals surface area contributed by atoms with Gasteiger partial charge in [0.15, 0.2) is 9.84 Å². The highest BCUT2D eigenvalue weighted by molar-refractivity contribution is 9.10. The third-order valence-electron chi connectivity index (χ3n) is 3.24. The van der Waals surface area contributed by atoms with Crippen molar-refractivity contribution in [2.45, 2.75) is 16.7 Å². The third-order valence-corrected chi connectivity index (χ3v) is 5.35. The highest BCUT2D eigenvalue weighted by Crippen LogP contribution is 2.54. The van der Waals surface area contributed by atoms with Crippen LogP contribution in [0, 0.1) is 0 Å². The molecule has 1 fully saturated rings. The molecule has 1 aromatic carbocycles.